The zero-order valence-corrected chi connectivity index (χ0v) is 23.4. The molecule has 0 aliphatic carbocycles. The van der Waals surface area contributed by atoms with Crippen LogP contribution < -0.4 is 20.4 Å². The van der Waals surface area contributed by atoms with Gasteiger partial charge in [-0.1, -0.05) is 42.8 Å². The second-order valence-electron chi connectivity index (χ2n) is 10.3. The van der Waals surface area contributed by atoms with Gasteiger partial charge in [-0.05, 0) is 78.5 Å². The van der Waals surface area contributed by atoms with Crippen molar-refractivity contribution in [1.82, 2.24) is 15.3 Å². The molecule has 4 aromatic rings. The van der Waals surface area contributed by atoms with Crippen LogP contribution in [0, 0.1) is 5.92 Å². The van der Waals surface area contributed by atoms with E-state index in [0.29, 0.717) is 28.5 Å². The van der Waals surface area contributed by atoms with Crippen LogP contribution in [-0.2, 0) is 19.6 Å². The molecule has 0 radical (unpaired) electrons. The minimum Gasteiger partial charge on any atom is -0.459 e. The van der Waals surface area contributed by atoms with E-state index in [9.17, 15) is 0 Å². The van der Waals surface area contributed by atoms with Crippen LogP contribution in [0.15, 0.2) is 71.1 Å². The standard InChI is InChI=1S/C30H31ClN6OS/c1-20-5-4-14-36(17-20)27-15-28(37-18-22-6-2-3-7-23(22)19-37)34-29(33-27)35-30(39)32-16-25-12-13-26(38-25)21-8-10-24(31)11-9-21/h2-3,6-13,15,20H,4-5,14,16-19H2,1H3,(H2,32,33,34,35,39)/t20-/m0/s1. The van der Waals surface area contributed by atoms with Gasteiger partial charge in [0.1, 0.15) is 23.2 Å². The van der Waals surface area contributed by atoms with E-state index in [1.54, 1.807) is 0 Å². The number of hydrogen-bond donors (Lipinski definition) is 2. The molecule has 0 amide bonds. The highest BCUT2D eigenvalue weighted by Crippen LogP contribution is 2.31. The van der Waals surface area contributed by atoms with Crippen molar-refractivity contribution in [1.29, 1.82) is 0 Å². The Morgan fingerprint density at radius 3 is 2.44 bits per heavy atom. The molecule has 4 heterocycles. The zero-order valence-electron chi connectivity index (χ0n) is 21.9. The quantitative estimate of drug-likeness (QED) is 0.255. The molecule has 2 aromatic carbocycles. The first-order valence-electron chi connectivity index (χ1n) is 13.4. The Hall–Kier alpha value is -3.62. The lowest BCUT2D eigenvalue weighted by Gasteiger charge is -2.32. The number of aromatic nitrogens is 2. The van der Waals surface area contributed by atoms with Gasteiger partial charge in [0.25, 0.3) is 0 Å². The highest BCUT2D eigenvalue weighted by atomic mass is 35.5. The van der Waals surface area contributed by atoms with Crippen molar-refractivity contribution >= 4 is 46.5 Å². The van der Waals surface area contributed by atoms with Crippen LogP contribution in [0.1, 0.15) is 36.7 Å². The molecule has 9 heteroatoms. The second kappa shape index (κ2) is 11.2. The van der Waals surface area contributed by atoms with Gasteiger partial charge in [0.15, 0.2) is 5.11 Å². The van der Waals surface area contributed by atoms with Crippen molar-refractivity contribution in [3.8, 4) is 11.3 Å². The minimum atomic E-state index is 0.442. The van der Waals surface area contributed by atoms with Crippen LogP contribution in [0.4, 0.5) is 17.6 Å². The van der Waals surface area contributed by atoms with Crippen molar-refractivity contribution < 1.29 is 4.42 Å². The average Bonchev–Trinajstić information content (AvgIpc) is 3.60. The smallest absolute Gasteiger partial charge is 0.232 e. The Balaban J connectivity index is 1.16. The molecule has 2 aromatic heterocycles. The van der Waals surface area contributed by atoms with Crippen LogP contribution >= 0.6 is 23.8 Å². The number of benzene rings is 2. The van der Waals surface area contributed by atoms with Gasteiger partial charge in [-0.25, -0.2) is 0 Å². The first-order chi connectivity index (χ1) is 19.0. The van der Waals surface area contributed by atoms with Gasteiger partial charge in [0.05, 0.1) is 6.54 Å². The number of thiocarbonyl (C=S) groups is 1. The van der Waals surface area contributed by atoms with E-state index in [1.165, 1.54) is 24.0 Å². The Labute approximate surface area is 239 Å². The summed E-state index contributed by atoms with van der Waals surface area (Å²) in [4.78, 5) is 14.4. The maximum Gasteiger partial charge on any atom is 0.232 e. The molecule has 1 atom stereocenters. The van der Waals surface area contributed by atoms with Crippen molar-refractivity contribution in [2.24, 2.45) is 5.92 Å². The van der Waals surface area contributed by atoms with E-state index in [0.717, 1.165) is 54.9 Å². The molecule has 1 saturated heterocycles. The number of rotatable bonds is 6. The predicted molar refractivity (Wildman–Crippen MR) is 161 cm³/mol. The fourth-order valence-corrected chi connectivity index (χ4v) is 5.54. The van der Waals surface area contributed by atoms with Crippen LogP contribution in [0.3, 0.4) is 0 Å². The van der Waals surface area contributed by atoms with Crippen LogP contribution in [0.5, 0.6) is 0 Å². The predicted octanol–water partition coefficient (Wildman–Crippen LogP) is 6.63. The van der Waals surface area contributed by atoms with Gasteiger partial charge in [-0.15, -0.1) is 0 Å². The second-order valence-corrected chi connectivity index (χ2v) is 11.2. The molecule has 2 aliphatic heterocycles. The van der Waals surface area contributed by atoms with Crippen LogP contribution in [-0.4, -0.2) is 28.2 Å². The molecule has 2 aliphatic rings. The van der Waals surface area contributed by atoms with Crippen molar-refractivity contribution in [3.63, 3.8) is 0 Å². The molecule has 39 heavy (non-hydrogen) atoms. The summed E-state index contributed by atoms with van der Waals surface area (Å²) in [6, 6.07) is 22.2. The lowest BCUT2D eigenvalue weighted by atomic mass is 10.0. The number of fused-ring (bicyclic) bond motifs is 1. The third kappa shape index (κ3) is 6.02. The van der Waals surface area contributed by atoms with Gasteiger partial charge in [0.2, 0.25) is 5.95 Å². The number of nitrogens with zero attached hydrogens (tertiary/aromatic N) is 4. The maximum absolute atomic E-state index is 6.01. The van der Waals surface area contributed by atoms with Gasteiger partial charge >= 0.3 is 0 Å². The van der Waals surface area contributed by atoms with Gasteiger partial charge < -0.3 is 24.9 Å². The summed E-state index contributed by atoms with van der Waals surface area (Å²) in [6.07, 6.45) is 2.42. The Morgan fingerprint density at radius 2 is 1.72 bits per heavy atom. The Bertz CT molecular complexity index is 1450. The van der Waals surface area contributed by atoms with E-state index in [2.05, 4.69) is 57.7 Å². The molecule has 0 saturated carbocycles. The summed E-state index contributed by atoms with van der Waals surface area (Å²) in [7, 11) is 0. The van der Waals surface area contributed by atoms with Gasteiger partial charge in [-0.2, -0.15) is 9.97 Å². The summed E-state index contributed by atoms with van der Waals surface area (Å²) in [5.74, 6) is 4.53. The molecule has 200 valence electrons. The molecule has 6 rings (SSSR count). The first kappa shape index (κ1) is 25.6. The first-order valence-corrected chi connectivity index (χ1v) is 14.1. The fraction of sp³-hybridized carbons (Fsp3) is 0.300. The highest BCUT2D eigenvalue weighted by Gasteiger charge is 2.24. The van der Waals surface area contributed by atoms with E-state index in [4.69, 9.17) is 38.2 Å². The molecule has 7 nitrogen and oxygen atoms in total. The van der Waals surface area contributed by atoms with Crippen molar-refractivity contribution in [2.45, 2.75) is 39.4 Å². The highest BCUT2D eigenvalue weighted by molar-refractivity contribution is 7.80. The molecule has 0 unspecified atom stereocenters. The SMILES string of the molecule is C[C@H]1CCCN(c2cc(N3Cc4ccccc4C3)nc(NC(=S)NCc3ccc(-c4ccc(Cl)cc4)o3)n2)C1. The number of furan rings is 1. The number of halogens is 1. The fourth-order valence-electron chi connectivity index (χ4n) is 5.25. The molecule has 0 spiro atoms. The van der Waals surface area contributed by atoms with Crippen molar-refractivity contribution in [3.05, 3.63) is 88.6 Å². The Kier molecular flexibility index (Phi) is 7.39. The van der Waals surface area contributed by atoms with Gasteiger partial charge in [0, 0.05) is 42.8 Å². The third-order valence-corrected chi connectivity index (χ3v) is 7.78. The number of anilines is 3. The van der Waals surface area contributed by atoms with Gasteiger partial charge in [-0.3, -0.25) is 0 Å². The van der Waals surface area contributed by atoms with Crippen molar-refractivity contribution in [2.75, 3.05) is 28.2 Å². The number of hydrogen-bond acceptors (Lipinski definition) is 6. The normalized spacial score (nSPS) is 16.7. The molecule has 1 fully saturated rings. The summed E-state index contributed by atoms with van der Waals surface area (Å²) < 4.78 is 6.00. The minimum absolute atomic E-state index is 0.442. The van der Waals surface area contributed by atoms with E-state index in [-0.39, 0.29) is 0 Å². The number of nitrogens with one attached hydrogen (secondary N) is 2. The molecule has 2 N–H and O–H groups in total. The van der Waals surface area contributed by atoms with E-state index >= 15 is 0 Å². The lowest BCUT2D eigenvalue weighted by molar-refractivity contribution is 0.444. The zero-order chi connectivity index (χ0) is 26.8. The topological polar surface area (TPSA) is 69.5 Å². The maximum atomic E-state index is 6.01. The van der Waals surface area contributed by atoms with E-state index in [1.807, 2.05) is 36.4 Å². The van der Waals surface area contributed by atoms with E-state index < -0.39 is 0 Å². The monoisotopic (exact) mass is 558 g/mol. The van der Waals surface area contributed by atoms with Crippen LogP contribution in [0.2, 0.25) is 5.02 Å². The summed E-state index contributed by atoms with van der Waals surface area (Å²) in [5, 5.41) is 7.59. The lowest BCUT2D eigenvalue weighted by Crippen LogP contribution is -2.35. The number of piperidine rings is 1. The van der Waals surface area contributed by atoms with Crippen LogP contribution in [0.25, 0.3) is 11.3 Å². The summed E-state index contributed by atoms with van der Waals surface area (Å²) in [5.41, 5.74) is 3.65. The summed E-state index contributed by atoms with van der Waals surface area (Å²) >= 11 is 11.6. The summed E-state index contributed by atoms with van der Waals surface area (Å²) in [6.45, 7) is 6.40. The molecule has 0 bridgehead atoms. The largest absolute Gasteiger partial charge is 0.459 e. The molecular weight excluding hydrogens is 528 g/mol. The Morgan fingerprint density at radius 1 is 1.00 bits per heavy atom. The average molecular weight is 559 g/mol. The molecular formula is C30H31ClN6OS. The third-order valence-electron chi connectivity index (χ3n) is 7.28.